The molecule has 3 rings (SSSR count). The molecule has 32 heavy (non-hydrogen) atoms. The second-order valence-corrected chi connectivity index (χ2v) is 8.34. The summed E-state index contributed by atoms with van der Waals surface area (Å²) in [7, 11) is 0. The molecule has 0 amide bonds. The molecule has 0 N–H and O–H groups in total. The maximum Gasteiger partial charge on any atom is 0.303 e. The summed E-state index contributed by atoms with van der Waals surface area (Å²) in [6, 6.07) is 13.5. The van der Waals surface area contributed by atoms with Crippen LogP contribution in [0.25, 0.3) is 0 Å². The van der Waals surface area contributed by atoms with Gasteiger partial charge in [0.25, 0.3) is 0 Å². The number of ether oxygens (including phenoxy) is 4. The van der Waals surface area contributed by atoms with Crippen LogP contribution in [-0.2, 0) is 30.2 Å². The van der Waals surface area contributed by atoms with Gasteiger partial charge in [0.15, 0.2) is 6.10 Å². The van der Waals surface area contributed by atoms with Crippen molar-refractivity contribution in [3.05, 3.63) is 64.2 Å². The SMILES string of the molecule is CCOc1ccc(Cc2cc(C3OC(C)CC(OC(C)=O)C3OC(C)=O)ccc2Cl)cc1. The minimum atomic E-state index is -0.743. The lowest BCUT2D eigenvalue weighted by atomic mass is 9.91. The van der Waals surface area contributed by atoms with Gasteiger partial charge in [0, 0.05) is 25.3 Å². The highest BCUT2D eigenvalue weighted by Gasteiger charge is 2.42. The van der Waals surface area contributed by atoms with Gasteiger partial charge in [0.1, 0.15) is 18.0 Å². The summed E-state index contributed by atoms with van der Waals surface area (Å²) in [5, 5.41) is 0.632. The second kappa shape index (κ2) is 10.8. The van der Waals surface area contributed by atoms with Gasteiger partial charge < -0.3 is 18.9 Å². The highest BCUT2D eigenvalue weighted by molar-refractivity contribution is 6.31. The van der Waals surface area contributed by atoms with Gasteiger partial charge in [-0.1, -0.05) is 35.9 Å². The van der Waals surface area contributed by atoms with Crippen molar-refractivity contribution >= 4 is 23.5 Å². The first-order valence-corrected chi connectivity index (χ1v) is 11.1. The van der Waals surface area contributed by atoms with Crippen LogP contribution >= 0.6 is 11.6 Å². The molecule has 0 radical (unpaired) electrons. The fourth-order valence-electron chi connectivity index (χ4n) is 3.96. The molecule has 2 aromatic rings. The summed E-state index contributed by atoms with van der Waals surface area (Å²) >= 11 is 6.49. The average Bonchev–Trinajstić information content (AvgIpc) is 2.72. The van der Waals surface area contributed by atoms with Gasteiger partial charge in [-0.3, -0.25) is 9.59 Å². The number of hydrogen-bond acceptors (Lipinski definition) is 6. The van der Waals surface area contributed by atoms with E-state index in [4.69, 9.17) is 30.5 Å². The van der Waals surface area contributed by atoms with Crippen molar-refractivity contribution in [3.8, 4) is 5.75 Å². The highest BCUT2D eigenvalue weighted by Crippen LogP contribution is 2.37. The normalized spacial score (nSPS) is 22.8. The fourth-order valence-corrected chi connectivity index (χ4v) is 4.15. The van der Waals surface area contributed by atoms with Crippen LogP contribution in [0.5, 0.6) is 5.75 Å². The number of carbonyl (C=O) groups excluding carboxylic acids is 2. The lowest BCUT2D eigenvalue weighted by Gasteiger charge is -2.40. The van der Waals surface area contributed by atoms with E-state index in [1.165, 1.54) is 13.8 Å². The van der Waals surface area contributed by atoms with E-state index < -0.39 is 30.3 Å². The van der Waals surface area contributed by atoms with Crippen molar-refractivity contribution in [2.45, 2.75) is 65.0 Å². The Kier molecular flexibility index (Phi) is 8.15. The molecule has 1 heterocycles. The Hall–Kier alpha value is -2.57. The summed E-state index contributed by atoms with van der Waals surface area (Å²) in [5.41, 5.74) is 2.81. The van der Waals surface area contributed by atoms with E-state index in [0.717, 1.165) is 22.4 Å². The molecule has 0 saturated carbocycles. The molecule has 0 aromatic heterocycles. The molecule has 172 valence electrons. The second-order valence-electron chi connectivity index (χ2n) is 7.93. The zero-order valence-corrected chi connectivity index (χ0v) is 19.6. The monoisotopic (exact) mass is 460 g/mol. The average molecular weight is 461 g/mol. The Morgan fingerprint density at radius 1 is 1.06 bits per heavy atom. The predicted molar refractivity (Wildman–Crippen MR) is 121 cm³/mol. The zero-order chi connectivity index (χ0) is 23.3. The first kappa shape index (κ1) is 24.1. The van der Waals surface area contributed by atoms with Crippen LogP contribution in [0.15, 0.2) is 42.5 Å². The summed E-state index contributed by atoms with van der Waals surface area (Å²) in [5.74, 6) is -0.0624. The Balaban J connectivity index is 1.89. The predicted octanol–water partition coefficient (Wildman–Crippen LogP) is 5.04. The minimum absolute atomic E-state index is 0.179. The Bertz CT molecular complexity index is 942. The van der Waals surface area contributed by atoms with E-state index in [9.17, 15) is 9.59 Å². The number of hydrogen-bond donors (Lipinski definition) is 0. The van der Waals surface area contributed by atoms with E-state index in [-0.39, 0.29) is 6.10 Å². The molecular weight excluding hydrogens is 432 g/mol. The van der Waals surface area contributed by atoms with Crippen LogP contribution in [0.3, 0.4) is 0 Å². The summed E-state index contributed by atoms with van der Waals surface area (Å²) in [6.07, 6.45) is -1.03. The van der Waals surface area contributed by atoms with Gasteiger partial charge in [-0.05, 0) is 55.2 Å². The largest absolute Gasteiger partial charge is 0.494 e. The van der Waals surface area contributed by atoms with Gasteiger partial charge in [0.05, 0.1) is 12.7 Å². The van der Waals surface area contributed by atoms with Gasteiger partial charge >= 0.3 is 11.9 Å². The number of carbonyl (C=O) groups is 2. The lowest BCUT2D eigenvalue weighted by Crippen LogP contribution is -2.47. The zero-order valence-electron chi connectivity index (χ0n) is 18.8. The van der Waals surface area contributed by atoms with Crippen LogP contribution in [-0.4, -0.2) is 36.9 Å². The number of rotatable bonds is 7. The molecule has 0 bridgehead atoms. The molecule has 7 heteroatoms. The quantitative estimate of drug-likeness (QED) is 0.539. The maximum absolute atomic E-state index is 11.8. The third kappa shape index (κ3) is 6.24. The smallest absolute Gasteiger partial charge is 0.303 e. The van der Waals surface area contributed by atoms with Gasteiger partial charge in [0.2, 0.25) is 0 Å². The fraction of sp³-hybridized carbons (Fsp3) is 0.440. The third-order valence-electron chi connectivity index (χ3n) is 5.25. The Morgan fingerprint density at radius 2 is 1.75 bits per heavy atom. The molecular formula is C25H29ClO6. The van der Waals surface area contributed by atoms with Crippen LogP contribution < -0.4 is 4.74 Å². The molecule has 2 aromatic carbocycles. The molecule has 1 aliphatic heterocycles. The van der Waals surface area contributed by atoms with Gasteiger partial charge in [-0.25, -0.2) is 0 Å². The number of benzene rings is 2. The van der Waals surface area contributed by atoms with Gasteiger partial charge in [-0.2, -0.15) is 0 Å². The van der Waals surface area contributed by atoms with E-state index >= 15 is 0 Å². The standard InChI is InChI=1S/C25H29ClO6/c1-5-29-21-9-6-18(7-10-21)13-20-14-19(8-11-22(20)26)24-25(32-17(4)28)23(31-16(3)27)12-15(2)30-24/h6-11,14-15,23-25H,5,12-13H2,1-4H3. The molecule has 0 spiro atoms. The van der Waals surface area contributed by atoms with Crippen molar-refractivity contribution in [2.24, 2.45) is 0 Å². The Morgan fingerprint density at radius 3 is 2.38 bits per heavy atom. The van der Waals surface area contributed by atoms with Gasteiger partial charge in [-0.15, -0.1) is 0 Å². The minimum Gasteiger partial charge on any atom is -0.494 e. The molecule has 4 unspecified atom stereocenters. The molecule has 4 atom stereocenters. The van der Waals surface area contributed by atoms with E-state index in [0.29, 0.717) is 24.5 Å². The topological polar surface area (TPSA) is 71.1 Å². The van der Waals surface area contributed by atoms with Crippen LogP contribution in [0.4, 0.5) is 0 Å². The van der Waals surface area contributed by atoms with Crippen molar-refractivity contribution in [1.82, 2.24) is 0 Å². The summed E-state index contributed by atoms with van der Waals surface area (Å²) in [4.78, 5) is 23.4. The van der Waals surface area contributed by atoms with E-state index in [2.05, 4.69) is 0 Å². The van der Waals surface area contributed by atoms with E-state index in [1.54, 1.807) is 0 Å². The molecule has 6 nitrogen and oxygen atoms in total. The lowest BCUT2D eigenvalue weighted by molar-refractivity contribution is -0.206. The van der Waals surface area contributed by atoms with Crippen LogP contribution in [0.1, 0.15) is 56.9 Å². The molecule has 0 aliphatic carbocycles. The summed E-state index contributed by atoms with van der Waals surface area (Å²) in [6.45, 7) is 7.15. The van der Waals surface area contributed by atoms with Crippen LogP contribution in [0.2, 0.25) is 5.02 Å². The number of esters is 2. The van der Waals surface area contributed by atoms with Crippen molar-refractivity contribution < 1.29 is 28.5 Å². The van der Waals surface area contributed by atoms with Crippen molar-refractivity contribution in [2.75, 3.05) is 6.61 Å². The maximum atomic E-state index is 11.8. The van der Waals surface area contributed by atoms with Crippen LogP contribution in [0, 0.1) is 0 Å². The first-order valence-electron chi connectivity index (χ1n) is 10.8. The summed E-state index contributed by atoms with van der Waals surface area (Å²) < 4.78 is 22.7. The first-order chi connectivity index (χ1) is 15.3. The molecule has 1 aliphatic rings. The molecule has 1 saturated heterocycles. The highest BCUT2D eigenvalue weighted by atomic mass is 35.5. The van der Waals surface area contributed by atoms with Crippen molar-refractivity contribution in [1.29, 1.82) is 0 Å². The van der Waals surface area contributed by atoms with Crippen molar-refractivity contribution in [3.63, 3.8) is 0 Å². The number of halogens is 1. The Labute approximate surface area is 193 Å². The third-order valence-corrected chi connectivity index (χ3v) is 5.62. The van der Waals surface area contributed by atoms with E-state index in [1.807, 2.05) is 56.3 Å². The molecule has 1 fully saturated rings.